The lowest BCUT2D eigenvalue weighted by molar-refractivity contribution is 0.442. The van der Waals surface area contributed by atoms with Crippen molar-refractivity contribution in [2.45, 2.75) is 6.42 Å². The molecule has 5 nitrogen and oxygen atoms in total. The van der Waals surface area contributed by atoms with Crippen LogP contribution in [0.25, 0.3) is 0 Å². The fourth-order valence-electron chi connectivity index (χ4n) is 1.51. The largest absolute Gasteiger partial charge is 0.450 e. The first-order chi connectivity index (χ1) is 7.33. The van der Waals surface area contributed by atoms with Crippen LogP contribution in [0.15, 0.2) is 40.0 Å². The molecule has 0 bridgehead atoms. The SMILES string of the molecule is O=c1ncc2c([nH]1)N=C1CC=CC=C1O2. The molecule has 0 spiro atoms. The zero-order valence-corrected chi connectivity index (χ0v) is 7.73. The van der Waals surface area contributed by atoms with Crippen molar-refractivity contribution < 1.29 is 4.74 Å². The van der Waals surface area contributed by atoms with Crippen LogP contribution in [0.3, 0.4) is 0 Å². The second-order valence-electron chi connectivity index (χ2n) is 3.22. The highest BCUT2D eigenvalue weighted by Gasteiger charge is 2.19. The summed E-state index contributed by atoms with van der Waals surface area (Å²) in [6.45, 7) is 0. The number of nitrogens with zero attached hydrogens (tertiary/aromatic N) is 2. The molecule has 1 aliphatic carbocycles. The summed E-state index contributed by atoms with van der Waals surface area (Å²) in [7, 11) is 0. The van der Waals surface area contributed by atoms with E-state index in [1.165, 1.54) is 6.20 Å². The van der Waals surface area contributed by atoms with Crippen LogP contribution < -0.4 is 10.4 Å². The fraction of sp³-hybridized carbons (Fsp3) is 0.100. The van der Waals surface area contributed by atoms with Crippen LogP contribution in [0, 0.1) is 0 Å². The highest BCUT2D eigenvalue weighted by molar-refractivity contribution is 6.03. The molecule has 3 rings (SSSR count). The van der Waals surface area contributed by atoms with Gasteiger partial charge in [0.25, 0.3) is 0 Å². The fourth-order valence-corrected chi connectivity index (χ4v) is 1.51. The molecule has 1 N–H and O–H groups in total. The van der Waals surface area contributed by atoms with Crippen molar-refractivity contribution in [3.63, 3.8) is 0 Å². The van der Waals surface area contributed by atoms with Gasteiger partial charge in [-0.25, -0.2) is 9.79 Å². The first-order valence-corrected chi connectivity index (χ1v) is 4.55. The van der Waals surface area contributed by atoms with E-state index < -0.39 is 5.69 Å². The Hall–Kier alpha value is -2.17. The molecule has 0 atom stereocenters. The predicted octanol–water partition coefficient (Wildman–Crippen LogP) is 1.08. The van der Waals surface area contributed by atoms with Gasteiger partial charge in [0, 0.05) is 6.42 Å². The number of aliphatic imine (C=N–C) groups is 1. The molecule has 0 amide bonds. The Balaban J connectivity index is 2.18. The summed E-state index contributed by atoms with van der Waals surface area (Å²) < 4.78 is 5.54. The van der Waals surface area contributed by atoms with Gasteiger partial charge < -0.3 is 4.74 Å². The third-order valence-electron chi connectivity index (χ3n) is 2.20. The average Bonchev–Trinajstić information content (AvgIpc) is 2.26. The van der Waals surface area contributed by atoms with Crippen LogP contribution in [0.5, 0.6) is 5.75 Å². The normalized spacial score (nSPS) is 17.1. The number of nitrogens with one attached hydrogen (secondary N) is 1. The molecule has 2 aliphatic rings. The van der Waals surface area contributed by atoms with Gasteiger partial charge in [-0.3, -0.25) is 4.98 Å². The van der Waals surface area contributed by atoms with Gasteiger partial charge in [0.05, 0.1) is 11.9 Å². The van der Waals surface area contributed by atoms with Crippen molar-refractivity contribution in [1.82, 2.24) is 9.97 Å². The topological polar surface area (TPSA) is 67.3 Å². The zero-order chi connectivity index (χ0) is 10.3. The van der Waals surface area contributed by atoms with Crippen LogP contribution in [0.2, 0.25) is 0 Å². The third-order valence-corrected chi connectivity index (χ3v) is 2.20. The number of rotatable bonds is 0. The Kier molecular flexibility index (Phi) is 1.58. The minimum absolute atomic E-state index is 0.416. The van der Waals surface area contributed by atoms with Gasteiger partial charge in [0.15, 0.2) is 11.6 Å². The van der Waals surface area contributed by atoms with Gasteiger partial charge in [0.1, 0.15) is 5.76 Å². The second-order valence-corrected chi connectivity index (χ2v) is 3.22. The van der Waals surface area contributed by atoms with Gasteiger partial charge in [-0.2, -0.15) is 4.98 Å². The van der Waals surface area contributed by atoms with E-state index in [-0.39, 0.29) is 0 Å². The van der Waals surface area contributed by atoms with E-state index in [2.05, 4.69) is 15.0 Å². The Morgan fingerprint density at radius 1 is 1.47 bits per heavy atom. The van der Waals surface area contributed by atoms with Crippen LogP contribution >= 0.6 is 0 Å². The minimum Gasteiger partial charge on any atom is -0.450 e. The molecular weight excluding hydrogens is 194 g/mol. The molecule has 1 aliphatic heterocycles. The Morgan fingerprint density at radius 2 is 2.40 bits per heavy atom. The van der Waals surface area contributed by atoms with E-state index >= 15 is 0 Å². The molecule has 1 aromatic rings. The molecule has 0 unspecified atom stereocenters. The molecule has 15 heavy (non-hydrogen) atoms. The number of allylic oxidation sites excluding steroid dienone is 4. The monoisotopic (exact) mass is 201 g/mol. The molecule has 0 saturated carbocycles. The van der Waals surface area contributed by atoms with Crippen molar-refractivity contribution in [1.29, 1.82) is 0 Å². The lowest BCUT2D eigenvalue weighted by Crippen LogP contribution is -2.18. The van der Waals surface area contributed by atoms with Crippen LogP contribution in [0.4, 0.5) is 5.82 Å². The summed E-state index contributed by atoms with van der Waals surface area (Å²) in [6.07, 6.45) is 7.84. The van der Waals surface area contributed by atoms with Crippen molar-refractivity contribution >= 4 is 11.5 Å². The van der Waals surface area contributed by atoms with Crippen molar-refractivity contribution in [3.8, 4) is 5.75 Å². The number of aromatic amines is 1. The quantitative estimate of drug-likeness (QED) is 0.682. The molecule has 0 saturated heterocycles. The lowest BCUT2D eigenvalue weighted by Gasteiger charge is -2.18. The molecule has 0 aromatic carbocycles. The van der Waals surface area contributed by atoms with Gasteiger partial charge >= 0.3 is 5.69 Å². The highest BCUT2D eigenvalue weighted by atomic mass is 16.5. The van der Waals surface area contributed by atoms with Crippen LogP contribution in [-0.2, 0) is 0 Å². The Labute approximate surface area is 84.8 Å². The number of H-pyrrole nitrogens is 1. The Morgan fingerprint density at radius 3 is 3.33 bits per heavy atom. The van der Waals surface area contributed by atoms with Crippen molar-refractivity contribution in [2.24, 2.45) is 4.99 Å². The van der Waals surface area contributed by atoms with Gasteiger partial charge in [-0.1, -0.05) is 12.2 Å². The standard InChI is InChI=1S/C10H7N3O2/c14-10-11-5-8-9(13-10)12-6-3-1-2-4-7(6)15-8/h1-2,4-5H,3H2,(H,11,13,14). The summed E-state index contributed by atoms with van der Waals surface area (Å²) in [5.41, 5.74) is 0.410. The summed E-state index contributed by atoms with van der Waals surface area (Å²) in [4.78, 5) is 21.4. The molecule has 1 aromatic heterocycles. The molecule has 5 heteroatoms. The maximum Gasteiger partial charge on any atom is 0.346 e. The molecule has 2 heterocycles. The van der Waals surface area contributed by atoms with E-state index in [1.807, 2.05) is 18.2 Å². The van der Waals surface area contributed by atoms with Crippen molar-refractivity contribution in [3.05, 3.63) is 40.7 Å². The summed E-state index contributed by atoms with van der Waals surface area (Å²) in [5.74, 6) is 1.65. The smallest absolute Gasteiger partial charge is 0.346 e. The minimum atomic E-state index is -0.416. The third kappa shape index (κ3) is 1.28. The van der Waals surface area contributed by atoms with Crippen LogP contribution in [0.1, 0.15) is 6.42 Å². The van der Waals surface area contributed by atoms with E-state index in [1.54, 1.807) is 0 Å². The van der Waals surface area contributed by atoms with Crippen molar-refractivity contribution in [2.75, 3.05) is 0 Å². The number of ether oxygens (including phenoxy) is 1. The van der Waals surface area contributed by atoms with E-state index in [4.69, 9.17) is 4.74 Å². The lowest BCUT2D eigenvalue weighted by atomic mass is 10.1. The van der Waals surface area contributed by atoms with E-state index in [9.17, 15) is 4.79 Å². The Bertz CT molecular complexity index is 566. The summed E-state index contributed by atoms with van der Waals surface area (Å²) in [6, 6.07) is 0. The highest BCUT2D eigenvalue weighted by Crippen LogP contribution is 2.31. The second kappa shape index (κ2) is 2.91. The molecule has 0 fully saturated rings. The van der Waals surface area contributed by atoms with Gasteiger partial charge in [-0.15, -0.1) is 0 Å². The number of fused-ring (bicyclic) bond motifs is 2. The maximum atomic E-state index is 11.0. The van der Waals surface area contributed by atoms with Gasteiger partial charge in [0.2, 0.25) is 0 Å². The predicted molar refractivity (Wildman–Crippen MR) is 54.4 cm³/mol. The zero-order valence-electron chi connectivity index (χ0n) is 7.73. The van der Waals surface area contributed by atoms with E-state index in [0.29, 0.717) is 11.6 Å². The summed E-state index contributed by atoms with van der Waals surface area (Å²) >= 11 is 0. The number of aromatic nitrogens is 2. The first kappa shape index (κ1) is 8.16. The number of hydrogen-bond acceptors (Lipinski definition) is 4. The summed E-state index contributed by atoms with van der Waals surface area (Å²) in [5, 5.41) is 0. The van der Waals surface area contributed by atoms with Crippen LogP contribution in [-0.4, -0.2) is 15.7 Å². The molecule has 74 valence electrons. The van der Waals surface area contributed by atoms with E-state index in [0.717, 1.165) is 17.9 Å². The molecule has 0 radical (unpaired) electrons. The molecular formula is C10H7N3O2. The maximum absolute atomic E-state index is 11.0. The first-order valence-electron chi connectivity index (χ1n) is 4.55. The van der Waals surface area contributed by atoms with Gasteiger partial charge in [-0.05, 0) is 6.08 Å². The number of hydrogen-bond donors (Lipinski definition) is 1. The average molecular weight is 201 g/mol.